The van der Waals surface area contributed by atoms with E-state index in [1.165, 1.54) is 0 Å². The van der Waals surface area contributed by atoms with Gasteiger partial charge in [0.2, 0.25) is 0 Å². The molecule has 5 nitrogen and oxygen atoms in total. The van der Waals surface area contributed by atoms with E-state index in [0.29, 0.717) is 11.5 Å². The minimum Gasteiger partial charge on any atom is -0.457 e. The van der Waals surface area contributed by atoms with Gasteiger partial charge in [0.25, 0.3) is 0 Å². The largest absolute Gasteiger partial charge is 0.457 e. The van der Waals surface area contributed by atoms with E-state index >= 15 is 0 Å². The van der Waals surface area contributed by atoms with Gasteiger partial charge >= 0.3 is 7.60 Å². The zero-order chi connectivity index (χ0) is 16.7. The van der Waals surface area contributed by atoms with Gasteiger partial charge in [-0.15, -0.1) is 0 Å². The normalized spacial score (nSPS) is 13.3. The van der Waals surface area contributed by atoms with Gasteiger partial charge in [0, 0.05) is 6.42 Å². The molecule has 0 spiro atoms. The van der Waals surface area contributed by atoms with Crippen molar-refractivity contribution in [1.29, 1.82) is 0 Å². The molecule has 0 radical (unpaired) electrons. The molecule has 0 aromatic heterocycles. The smallest absolute Gasteiger partial charge is 0.335 e. The first-order valence-corrected chi connectivity index (χ1v) is 9.04. The van der Waals surface area contributed by atoms with Crippen LogP contribution in [0.5, 0.6) is 11.5 Å². The van der Waals surface area contributed by atoms with Gasteiger partial charge in [-0.1, -0.05) is 30.3 Å². The second-order valence-electron chi connectivity index (χ2n) is 4.99. The summed E-state index contributed by atoms with van der Waals surface area (Å²) < 4.78 is 22.0. The summed E-state index contributed by atoms with van der Waals surface area (Å²) in [5.41, 5.74) is 0.722. The molecule has 0 heterocycles. The summed E-state index contributed by atoms with van der Waals surface area (Å²) in [6, 6.07) is 16.4. The van der Waals surface area contributed by atoms with Gasteiger partial charge in [0.1, 0.15) is 23.4 Å². The summed E-state index contributed by atoms with van der Waals surface area (Å²) in [4.78, 5) is 21.4. The predicted molar refractivity (Wildman–Crippen MR) is 88.0 cm³/mol. The molecule has 2 aromatic rings. The molecule has 1 N–H and O–H groups in total. The van der Waals surface area contributed by atoms with Crippen molar-refractivity contribution in [3.63, 3.8) is 0 Å². The third kappa shape index (κ3) is 5.99. The molecule has 2 aromatic carbocycles. The molecular formula is C17H19O5P. The van der Waals surface area contributed by atoms with Crippen LogP contribution in [0.15, 0.2) is 54.6 Å². The highest BCUT2D eigenvalue weighted by molar-refractivity contribution is 7.53. The maximum absolute atomic E-state index is 11.9. The van der Waals surface area contributed by atoms with Gasteiger partial charge in [0.15, 0.2) is 0 Å². The van der Waals surface area contributed by atoms with E-state index in [1.54, 1.807) is 31.2 Å². The lowest BCUT2D eigenvalue weighted by molar-refractivity contribution is -0.116. The third-order valence-corrected chi connectivity index (χ3v) is 4.40. The zero-order valence-corrected chi connectivity index (χ0v) is 13.7. The van der Waals surface area contributed by atoms with Crippen molar-refractivity contribution in [3.8, 4) is 11.5 Å². The molecule has 122 valence electrons. The van der Waals surface area contributed by atoms with Crippen molar-refractivity contribution in [2.24, 2.45) is 0 Å². The summed E-state index contributed by atoms with van der Waals surface area (Å²) in [7, 11) is -3.83. The molecule has 0 saturated heterocycles. The van der Waals surface area contributed by atoms with Gasteiger partial charge in [-0.2, -0.15) is 0 Å². The van der Waals surface area contributed by atoms with Crippen LogP contribution in [0.25, 0.3) is 0 Å². The molecule has 23 heavy (non-hydrogen) atoms. The molecule has 1 atom stereocenters. The lowest BCUT2D eigenvalue weighted by Gasteiger charge is -2.10. The lowest BCUT2D eigenvalue weighted by Crippen LogP contribution is -2.10. The van der Waals surface area contributed by atoms with Gasteiger partial charge in [-0.25, -0.2) is 0 Å². The van der Waals surface area contributed by atoms with E-state index in [9.17, 15) is 14.3 Å². The fourth-order valence-electron chi connectivity index (χ4n) is 2.10. The van der Waals surface area contributed by atoms with Crippen molar-refractivity contribution in [2.75, 3.05) is 12.8 Å². The summed E-state index contributed by atoms with van der Waals surface area (Å²) in [5, 5.41) is 0. The van der Waals surface area contributed by atoms with Crippen molar-refractivity contribution in [3.05, 3.63) is 60.2 Å². The topological polar surface area (TPSA) is 72.8 Å². The number of Topliss-reactive ketones (excluding diaryl/α,β-unsaturated/α-hetero) is 1. The number of carbonyl (C=O) groups is 1. The Morgan fingerprint density at radius 2 is 1.78 bits per heavy atom. The fraction of sp³-hybridized carbons (Fsp3) is 0.235. The molecule has 0 bridgehead atoms. The first-order chi connectivity index (χ1) is 11.0. The molecule has 0 aliphatic heterocycles. The van der Waals surface area contributed by atoms with Crippen molar-refractivity contribution in [1.82, 2.24) is 0 Å². The second kappa shape index (κ2) is 8.06. The summed E-state index contributed by atoms with van der Waals surface area (Å²) >= 11 is 0. The molecule has 0 saturated carbocycles. The van der Waals surface area contributed by atoms with Crippen LogP contribution < -0.4 is 4.74 Å². The Morgan fingerprint density at radius 3 is 2.48 bits per heavy atom. The Hall–Kier alpha value is -1.94. The Bertz CT molecular complexity index is 699. The Kier molecular flexibility index (Phi) is 6.11. The summed E-state index contributed by atoms with van der Waals surface area (Å²) in [6.45, 7) is 1.71. The quantitative estimate of drug-likeness (QED) is 0.743. The average molecular weight is 334 g/mol. The van der Waals surface area contributed by atoms with Crippen LogP contribution >= 0.6 is 7.60 Å². The predicted octanol–water partition coefficient (Wildman–Crippen LogP) is 3.81. The number of rotatable bonds is 8. The standard InChI is InChI=1S/C17H19O5P/c1-2-21-23(19,20)13-15(18)11-14-7-6-10-17(12-14)22-16-8-4-3-5-9-16/h3-10,12H,2,11,13H2,1H3,(H,19,20). The van der Waals surface area contributed by atoms with Crippen molar-refractivity contribution in [2.45, 2.75) is 13.3 Å². The van der Waals surface area contributed by atoms with E-state index in [1.807, 2.05) is 30.3 Å². The fourth-order valence-corrected chi connectivity index (χ4v) is 3.15. The third-order valence-electron chi connectivity index (χ3n) is 2.99. The lowest BCUT2D eigenvalue weighted by atomic mass is 10.1. The molecule has 0 fully saturated rings. The number of ketones is 1. The minimum absolute atomic E-state index is 0.0591. The van der Waals surface area contributed by atoms with Crippen LogP contribution in [0.2, 0.25) is 0 Å². The van der Waals surface area contributed by atoms with Crippen LogP contribution in [0.3, 0.4) is 0 Å². The SMILES string of the molecule is CCOP(=O)(O)CC(=O)Cc1cccc(Oc2ccccc2)c1. The monoisotopic (exact) mass is 334 g/mol. The average Bonchev–Trinajstić information content (AvgIpc) is 2.47. The first kappa shape index (κ1) is 17.4. The summed E-state index contributed by atoms with van der Waals surface area (Å²) in [6.07, 6.45) is -0.422. The van der Waals surface area contributed by atoms with Crippen molar-refractivity contribution >= 4 is 13.4 Å². The molecule has 0 aliphatic carbocycles. The van der Waals surface area contributed by atoms with Crippen LogP contribution in [0, 0.1) is 0 Å². The Morgan fingerprint density at radius 1 is 1.09 bits per heavy atom. The van der Waals surface area contributed by atoms with Crippen LogP contribution in [0.1, 0.15) is 12.5 Å². The van der Waals surface area contributed by atoms with E-state index in [-0.39, 0.29) is 18.8 Å². The van der Waals surface area contributed by atoms with Crippen LogP contribution in [-0.4, -0.2) is 23.4 Å². The van der Waals surface area contributed by atoms with Crippen LogP contribution in [-0.2, 0) is 20.3 Å². The number of para-hydroxylation sites is 1. The molecule has 1 unspecified atom stereocenters. The highest BCUT2D eigenvalue weighted by Crippen LogP contribution is 2.41. The first-order valence-electron chi connectivity index (χ1n) is 7.28. The van der Waals surface area contributed by atoms with Crippen LogP contribution in [0.4, 0.5) is 0 Å². The molecule has 2 rings (SSSR count). The molecule has 0 aliphatic rings. The maximum atomic E-state index is 11.9. The van der Waals surface area contributed by atoms with Gasteiger partial charge in [-0.3, -0.25) is 9.36 Å². The molecular weight excluding hydrogens is 315 g/mol. The van der Waals surface area contributed by atoms with E-state index in [0.717, 1.165) is 5.56 Å². The van der Waals surface area contributed by atoms with Gasteiger partial charge < -0.3 is 14.2 Å². The van der Waals surface area contributed by atoms with Gasteiger partial charge in [-0.05, 0) is 36.8 Å². The highest BCUT2D eigenvalue weighted by Gasteiger charge is 2.23. The van der Waals surface area contributed by atoms with Crippen molar-refractivity contribution < 1.29 is 23.5 Å². The number of hydrogen-bond donors (Lipinski definition) is 1. The Labute approximate surface area is 135 Å². The second-order valence-corrected chi connectivity index (χ2v) is 6.84. The number of benzene rings is 2. The maximum Gasteiger partial charge on any atom is 0.335 e. The summed E-state index contributed by atoms with van der Waals surface area (Å²) in [5.74, 6) is 0.965. The van der Waals surface area contributed by atoms with E-state index in [4.69, 9.17) is 9.26 Å². The highest BCUT2D eigenvalue weighted by atomic mass is 31.2. The molecule has 6 heteroatoms. The number of hydrogen-bond acceptors (Lipinski definition) is 4. The zero-order valence-electron chi connectivity index (χ0n) is 12.8. The number of carbonyl (C=O) groups excluding carboxylic acids is 1. The Balaban J connectivity index is 2.00. The van der Waals surface area contributed by atoms with E-state index < -0.39 is 13.8 Å². The molecule has 0 amide bonds. The minimum atomic E-state index is -3.83. The number of ether oxygens (including phenoxy) is 1. The van der Waals surface area contributed by atoms with E-state index in [2.05, 4.69) is 0 Å². The van der Waals surface area contributed by atoms with Gasteiger partial charge in [0.05, 0.1) is 6.61 Å².